The monoisotopic (exact) mass is 323 g/mol. The molecule has 112 valence electrons. The number of halogens is 1. The molecular formula is C16H10ClN5O. The van der Waals surface area contributed by atoms with Crippen LogP contribution in [0.15, 0.2) is 54.7 Å². The molecule has 0 saturated carbocycles. The Balaban J connectivity index is 1.70. The molecule has 4 aromatic rings. The highest BCUT2D eigenvalue weighted by molar-refractivity contribution is 6.35. The number of para-hydroxylation sites is 1. The molecule has 1 amide bonds. The molecule has 23 heavy (non-hydrogen) atoms. The van der Waals surface area contributed by atoms with Crippen molar-refractivity contribution >= 4 is 40.0 Å². The summed E-state index contributed by atoms with van der Waals surface area (Å²) in [5.74, 6) is -0.0309. The minimum absolute atomic E-state index is 0.262. The van der Waals surface area contributed by atoms with Gasteiger partial charge in [-0.1, -0.05) is 35.9 Å². The molecule has 0 aliphatic rings. The van der Waals surface area contributed by atoms with E-state index < -0.39 is 0 Å². The van der Waals surface area contributed by atoms with Crippen LogP contribution in [-0.2, 0) is 0 Å². The van der Waals surface area contributed by atoms with E-state index in [9.17, 15) is 4.79 Å². The van der Waals surface area contributed by atoms with Crippen molar-refractivity contribution in [3.8, 4) is 0 Å². The first-order valence-corrected chi connectivity index (χ1v) is 7.26. The molecular weight excluding hydrogens is 314 g/mol. The Bertz CT molecular complexity index is 1040. The molecule has 7 heteroatoms. The summed E-state index contributed by atoms with van der Waals surface area (Å²) in [6.45, 7) is 0. The fraction of sp³-hybridized carbons (Fsp3) is 0. The summed E-state index contributed by atoms with van der Waals surface area (Å²) in [7, 11) is 0. The predicted octanol–water partition coefficient (Wildman–Crippen LogP) is 3.18. The summed E-state index contributed by atoms with van der Waals surface area (Å²) in [6.07, 6.45) is 1.77. The van der Waals surface area contributed by atoms with Gasteiger partial charge in [-0.2, -0.15) is 0 Å². The predicted molar refractivity (Wildman–Crippen MR) is 87.7 cm³/mol. The Hall–Kier alpha value is -2.99. The minimum atomic E-state index is -0.370. The van der Waals surface area contributed by atoms with Gasteiger partial charge in [-0.05, 0) is 24.3 Å². The van der Waals surface area contributed by atoms with Crippen molar-refractivity contribution in [2.75, 3.05) is 5.32 Å². The third-order valence-corrected chi connectivity index (χ3v) is 3.75. The average molecular weight is 324 g/mol. The maximum Gasteiger partial charge on any atom is 0.276 e. The minimum Gasteiger partial charge on any atom is -0.289 e. The second-order valence-corrected chi connectivity index (χ2v) is 5.32. The highest BCUT2D eigenvalue weighted by Crippen LogP contribution is 2.21. The number of nitrogens with zero attached hydrogens (tertiary/aromatic N) is 4. The highest BCUT2D eigenvalue weighted by Gasteiger charge is 2.13. The maximum absolute atomic E-state index is 12.4. The number of benzene rings is 1. The number of hydrogen-bond acceptors (Lipinski definition) is 4. The summed E-state index contributed by atoms with van der Waals surface area (Å²) >= 11 is 6.13. The van der Waals surface area contributed by atoms with E-state index in [1.54, 1.807) is 28.8 Å². The van der Waals surface area contributed by atoms with E-state index in [-0.39, 0.29) is 11.6 Å². The first-order chi connectivity index (χ1) is 11.2. The van der Waals surface area contributed by atoms with E-state index in [2.05, 4.69) is 20.5 Å². The van der Waals surface area contributed by atoms with Gasteiger partial charge in [0.1, 0.15) is 5.69 Å². The van der Waals surface area contributed by atoms with Crippen LogP contribution < -0.4 is 5.32 Å². The van der Waals surface area contributed by atoms with Gasteiger partial charge in [0, 0.05) is 11.6 Å². The zero-order valence-electron chi connectivity index (χ0n) is 11.8. The number of aromatic nitrogens is 4. The zero-order chi connectivity index (χ0) is 15.8. The Morgan fingerprint density at radius 1 is 1.04 bits per heavy atom. The van der Waals surface area contributed by atoms with E-state index >= 15 is 0 Å². The SMILES string of the molecule is O=C(Nc1nnc2ccccn12)c1ccc2cccc(Cl)c2n1. The molecule has 0 unspecified atom stereocenters. The van der Waals surface area contributed by atoms with E-state index in [0.717, 1.165) is 5.39 Å². The van der Waals surface area contributed by atoms with Gasteiger partial charge in [0.15, 0.2) is 5.65 Å². The highest BCUT2D eigenvalue weighted by atomic mass is 35.5. The largest absolute Gasteiger partial charge is 0.289 e. The topological polar surface area (TPSA) is 72.2 Å². The lowest BCUT2D eigenvalue weighted by Crippen LogP contribution is -2.15. The van der Waals surface area contributed by atoms with Crippen LogP contribution in [0.5, 0.6) is 0 Å². The molecule has 0 atom stereocenters. The van der Waals surface area contributed by atoms with Crippen LogP contribution >= 0.6 is 11.6 Å². The smallest absolute Gasteiger partial charge is 0.276 e. The molecule has 1 aromatic carbocycles. The Labute approximate surface area is 135 Å². The van der Waals surface area contributed by atoms with Crippen molar-refractivity contribution < 1.29 is 4.79 Å². The van der Waals surface area contributed by atoms with Crippen molar-refractivity contribution in [1.82, 2.24) is 19.6 Å². The molecule has 6 nitrogen and oxygen atoms in total. The van der Waals surface area contributed by atoms with Gasteiger partial charge in [0.05, 0.1) is 10.5 Å². The van der Waals surface area contributed by atoms with E-state index in [1.165, 1.54) is 0 Å². The van der Waals surface area contributed by atoms with Gasteiger partial charge >= 0.3 is 0 Å². The molecule has 3 heterocycles. The van der Waals surface area contributed by atoms with Crippen molar-refractivity contribution in [3.05, 3.63) is 65.4 Å². The Morgan fingerprint density at radius 3 is 2.87 bits per heavy atom. The normalized spacial score (nSPS) is 11.0. The number of nitrogens with one attached hydrogen (secondary N) is 1. The fourth-order valence-electron chi connectivity index (χ4n) is 2.33. The number of pyridine rings is 2. The van der Waals surface area contributed by atoms with Gasteiger partial charge < -0.3 is 0 Å². The average Bonchev–Trinajstić information content (AvgIpc) is 2.98. The number of fused-ring (bicyclic) bond motifs is 2. The number of rotatable bonds is 2. The van der Waals surface area contributed by atoms with Gasteiger partial charge in [-0.3, -0.25) is 14.5 Å². The van der Waals surface area contributed by atoms with Gasteiger partial charge in [-0.25, -0.2) is 4.98 Å². The molecule has 0 fully saturated rings. The molecule has 0 bridgehead atoms. The number of anilines is 1. The molecule has 0 spiro atoms. The standard InChI is InChI=1S/C16H10ClN5O/c17-11-5-3-4-10-7-8-12(18-14(10)11)15(23)19-16-21-20-13-6-1-2-9-22(13)16/h1-9H,(H,19,21,23). The number of carbonyl (C=O) groups excluding carboxylic acids is 1. The second kappa shape index (κ2) is 5.33. The van der Waals surface area contributed by atoms with Crippen LogP contribution in [0.1, 0.15) is 10.5 Å². The first-order valence-electron chi connectivity index (χ1n) is 6.89. The summed E-state index contributed by atoms with van der Waals surface area (Å²) in [5, 5.41) is 12.0. The first kappa shape index (κ1) is 13.7. The molecule has 1 N–H and O–H groups in total. The number of amides is 1. The zero-order valence-corrected chi connectivity index (χ0v) is 12.5. The van der Waals surface area contributed by atoms with Gasteiger partial charge in [-0.15, -0.1) is 10.2 Å². The summed E-state index contributed by atoms with van der Waals surface area (Å²) < 4.78 is 1.69. The molecule has 4 rings (SSSR count). The van der Waals surface area contributed by atoms with Gasteiger partial charge in [0.25, 0.3) is 5.91 Å². The molecule has 3 aromatic heterocycles. The third-order valence-electron chi connectivity index (χ3n) is 3.44. The van der Waals surface area contributed by atoms with Gasteiger partial charge in [0.2, 0.25) is 5.95 Å². The van der Waals surface area contributed by atoms with E-state index in [1.807, 2.05) is 30.3 Å². The Morgan fingerprint density at radius 2 is 1.96 bits per heavy atom. The summed E-state index contributed by atoms with van der Waals surface area (Å²) in [4.78, 5) is 16.7. The third kappa shape index (κ3) is 2.39. The molecule has 0 aliphatic heterocycles. The Kier molecular flexibility index (Phi) is 3.17. The maximum atomic E-state index is 12.4. The molecule has 0 saturated heterocycles. The van der Waals surface area contributed by atoms with Crippen LogP contribution in [0.4, 0.5) is 5.95 Å². The van der Waals surface area contributed by atoms with E-state index in [0.29, 0.717) is 22.1 Å². The van der Waals surface area contributed by atoms with Crippen LogP contribution in [0.2, 0.25) is 5.02 Å². The quantitative estimate of drug-likeness (QED) is 0.615. The van der Waals surface area contributed by atoms with Crippen molar-refractivity contribution in [3.63, 3.8) is 0 Å². The van der Waals surface area contributed by atoms with Crippen molar-refractivity contribution in [1.29, 1.82) is 0 Å². The van der Waals surface area contributed by atoms with Crippen molar-refractivity contribution in [2.24, 2.45) is 0 Å². The fourth-order valence-corrected chi connectivity index (χ4v) is 2.55. The lowest BCUT2D eigenvalue weighted by molar-refractivity contribution is 0.102. The van der Waals surface area contributed by atoms with Crippen LogP contribution in [0.25, 0.3) is 16.6 Å². The number of hydrogen-bond donors (Lipinski definition) is 1. The second-order valence-electron chi connectivity index (χ2n) is 4.91. The van der Waals surface area contributed by atoms with Crippen LogP contribution in [0, 0.1) is 0 Å². The summed E-state index contributed by atoms with van der Waals surface area (Å²) in [5.41, 5.74) is 1.50. The van der Waals surface area contributed by atoms with Crippen molar-refractivity contribution in [2.45, 2.75) is 0 Å². The lowest BCUT2D eigenvalue weighted by Gasteiger charge is -2.05. The van der Waals surface area contributed by atoms with Crippen LogP contribution in [-0.4, -0.2) is 25.5 Å². The number of carbonyl (C=O) groups is 1. The summed E-state index contributed by atoms with van der Waals surface area (Å²) in [6, 6.07) is 14.4. The van der Waals surface area contributed by atoms with Crippen LogP contribution in [0.3, 0.4) is 0 Å². The lowest BCUT2D eigenvalue weighted by atomic mass is 10.2. The van der Waals surface area contributed by atoms with E-state index in [4.69, 9.17) is 11.6 Å². The molecule has 0 aliphatic carbocycles. The molecule has 0 radical (unpaired) electrons.